The van der Waals surface area contributed by atoms with Crippen LogP contribution >= 0.6 is 0 Å². The lowest BCUT2D eigenvalue weighted by Gasteiger charge is -2.04. The normalized spacial score (nSPS) is 12.1. The highest BCUT2D eigenvalue weighted by atomic mass is 15.3. The molecule has 0 saturated heterocycles. The van der Waals surface area contributed by atoms with Gasteiger partial charge in [0, 0.05) is 24.8 Å². The topological polar surface area (TPSA) is 29.9 Å². The molecule has 0 unspecified atom stereocenters. The summed E-state index contributed by atoms with van der Waals surface area (Å²) in [4.78, 5) is 0. The highest BCUT2D eigenvalue weighted by Gasteiger charge is 1.98. The highest BCUT2D eigenvalue weighted by Crippen LogP contribution is 2.08. The molecule has 0 saturated carbocycles. The van der Waals surface area contributed by atoms with Gasteiger partial charge in [-0.15, -0.1) is 0 Å². The average molecular weight is 221 g/mol. The molecule has 0 amide bonds. The van der Waals surface area contributed by atoms with Crippen LogP contribution in [0.2, 0.25) is 0 Å². The van der Waals surface area contributed by atoms with Crippen LogP contribution in [-0.4, -0.2) is 22.9 Å². The van der Waals surface area contributed by atoms with Crippen molar-refractivity contribution in [3.05, 3.63) is 23.5 Å². The minimum absolute atomic E-state index is 0.978. The fourth-order valence-corrected chi connectivity index (χ4v) is 1.60. The van der Waals surface area contributed by atoms with E-state index < -0.39 is 0 Å². The van der Waals surface area contributed by atoms with Crippen molar-refractivity contribution in [1.82, 2.24) is 15.1 Å². The van der Waals surface area contributed by atoms with E-state index in [4.69, 9.17) is 0 Å². The van der Waals surface area contributed by atoms with Crippen LogP contribution in [-0.2, 0) is 6.54 Å². The van der Waals surface area contributed by atoms with Crippen LogP contribution in [0.15, 0.2) is 18.0 Å². The molecule has 1 aromatic heterocycles. The van der Waals surface area contributed by atoms with Gasteiger partial charge in [-0.1, -0.05) is 32.4 Å². The number of nitrogens with one attached hydrogen (secondary N) is 1. The van der Waals surface area contributed by atoms with E-state index in [1.54, 1.807) is 0 Å². The lowest BCUT2D eigenvalue weighted by molar-refractivity contribution is 0.602. The first kappa shape index (κ1) is 13.0. The summed E-state index contributed by atoms with van der Waals surface area (Å²) >= 11 is 0. The molecule has 1 rings (SSSR count). The van der Waals surface area contributed by atoms with Gasteiger partial charge in [0.25, 0.3) is 0 Å². The Morgan fingerprint density at radius 1 is 1.44 bits per heavy atom. The average Bonchev–Trinajstić information content (AvgIpc) is 2.72. The second kappa shape index (κ2) is 7.23. The van der Waals surface area contributed by atoms with Gasteiger partial charge in [0.2, 0.25) is 0 Å². The van der Waals surface area contributed by atoms with Gasteiger partial charge < -0.3 is 5.32 Å². The Kier molecular flexibility index (Phi) is 5.86. The molecule has 0 aromatic carbocycles. The predicted octanol–water partition coefficient (Wildman–Crippen LogP) is 2.70. The van der Waals surface area contributed by atoms with E-state index in [0.29, 0.717) is 0 Å². The van der Waals surface area contributed by atoms with Crippen molar-refractivity contribution in [2.45, 2.75) is 40.2 Å². The fraction of sp³-hybridized carbons (Fsp3) is 0.615. The summed E-state index contributed by atoms with van der Waals surface area (Å²) in [6.45, 7) is 9.49. The third kappa shape index (κ3) is 4.19. The SMILES string of the molecule is CCCn1cc(/C=C(/CC)CNCC)cn1. The van der Waals surface area contributed by atoms with E-state index in [2.05, 4.69) is 43.5 Å². The van der Waals surface area contributed by atoms with Crippen molar-refractivity contribution in [3.63, 3.8) is 0 Å². The first-order valence-corrected chi connectivity index (χ1v) is 6.22. The van der Waals surface area contributed by atoms with Crippen molar-refractivity contribution in [3.8, 4) is 0 Å². The highest BCUT2D eigenvalue weighted by molar-refractivity contribution is 5.51. The van der Waals surface area contributed by atoms with E-state index in [1.165, 1.54) is 11.1 Å². The summed E-state index contributed by atoms with van der Waals surface area (Å²) in [6.07, 6.45) is 8.51. The van der Waals surface area contributed by atoms with Crippen molar-refractivity contribution in [2.24, 2.45) is 0 Å². The Bertz CT molecular complexity index is 326. The van der Waals surface area contributed by atoms with E-state index >= 15 is 0 Å². The second-order valence-electron chi connectivity index (χ2n) is 3.97. The van der Waals surface area contributed by atoms with Gasteiger partial charge in [0.05, 0.1) is 6.20 Å². The number of likely N-dealkylation sites (N-methyl/N-ethyl adjacent to an activating group) is 1. The molecule has 0 atom stereocenters. The molecular weight excluding hydrogens is 198 g/mol. The van der Waals surface area contributed by atoms with E-state index in [-0.39, 0.29) is 0 Å². The minimum atomic E-state index is 0.978. The summed E-state index contributed by atoms with van der Waals surface area (Å²) in [5.74, 6) is 0. The molecule has 0 radical (unpaired) electrons. The fourth-order valence-electron chi connectivity index (χ4n) is 1.60. The van der Waals surface area contributed by atoms with Gasteiger partial charge in [-0.25, -0.2) is 0 Å². The third-order valence-electron chi connectivity index (χ3n) is 2.53. The molecule has 1 aromatic rings. The Labute approximate surface area is 98.5 Å². The molecule has 1 N–H and O–H groups in total. The Morgan fingerprint density at radius 3 is 2.88 bits per heavy atom. The number of hydrogen-bond acceptors (Lipinski definition) is 2. The van der Waals surface area contributed by atoms with Crippen LogP contribution in [0.5, 0.6) is 0 Å². The number of aryl methyl sites for hydroxylation is 1. The Hall–Kier alpha value is -1.09. The van der Waals surface area contributed by atoms with Crippen LogP contribution in [0.4, 0.5) is 0 Å². The molecule has 0 fully saturated rings. The van der Waals surface area contributed by atoms with Crippen LogP contribution < -0.4 is 5.32 Å². The third-order valence-corrected chi connectivity index (χ3v) is 2.53. The monoisotopic (exact) mass is 221 g/mol. The standard InChI is InChI=1S/C13H23N3/c1-4-7-16-11-13(10-15-16)8-12(5-2)9-14-6-3/h8,10-11,14H,4-7,9H2,1-3H3/b12-8-. The van der Waals surface area contributed by atoms with Crippen molar-refractivity contribution in [1.29, 1.82) is 0 Å². The molecule has 90 valence electrons. The van der Waals surface area contributed by atoms with Crippen molar-refractivity contribution < 1.29 is 0 Å². The summed E-state index contributed by atoms with van der Waals surface area (Å²) in [5.41, 5.74) is 2.64. The van der Waals surface area contributed by atoms with Gasteiger partial charge >= 0.3 is 0 Å². The number of rotatable bonds is 7. The van der Waals surface area contributed by atoms with Gasteiger partial charge in [-0.05, 0) is 19.4 Å². The Balaban J connectivity index is 2.62. The van der Waals surface area contributed by atoms with Gasteiger partial charge in [0.1, 0.15) is 0 Å². The van der Waals surface area contributed by atoms with Crippen molar-refractivity contribution in [2.75, 3.05) is 13.1 Å². The molecule has 0 aliphatic carbocycles. The maximum absolute atomic E-state index is 4.33. The van der Waals surface area contributed by atoms with Gasteiger partial charge in [-0.3, -0.25) is 4.68 Å². The van der Waals surface area contributed by atoms with Crippen LogP contribution in [0.1, 0.15) is 39.2 Å². The molecule has 0 spiro atoms. The lowest BCUT2D eigenvalue weighted by Crippen LogP contribution is -2.15. The molecule has 0 aliphatic rings. The van der Waals surface area contributed by atoms with Crippen LogP contribution in [0, 0.1) is 0 Å². The zero-order chi connectivity index (χ0) is 11.8. The predicted molar refractivity (Wildman–Crippen MR) is 69.3 cm³/mol. The second-order valence-corrected chi connectivity index (χ2v) is 3.97. The van der Waals surface area contributed by atoms with Gasteiger partial charge in [0.15, 0.2) is 0 Å². The molecule has 3 nitrogen and oxygen atoms in total. The zero-order valence-electron chi connectivity index (χ0n) is 10.7. The van der Waals surface area contributed by atoms with Crippen molar-refractivity contribution >= 4 is 6.08 Å². The summed E-state index contributed by atoms with van der Waals surface area (Å²) < 4.78 is 2.01. The lowest BCUT2D eigenvalue weighted by atomic mass is 10.1. The molecule has 1 heterocycles. The maximum atomic E-state index is 4.33. The smallest absolute Gasteiger partial charge is 0.0562 e. The summed E-state index contributed by atoms with van der Waals surface area (Å²) in [5, 5.41) is 7.68. The number of hydrogen-bond donors (Lipinski definition) is 1. The van der Waals surface area contributed by atoms with E-state index in [1.807, 2.05) is 10.9 Å². The summed E-state index contributed by atoms with van der Waals surface area (Å²) in [7, 11) is 0. The van der Waals surface area contributed by atoms with E-state index in [9.17, 15) is 0 Å². The Morgan fingerprint density at radius 2 is 2.25 bits per heavy atom. The summed E-state index contributed by atoms with van der Waals surface area (Å²) in [6, 6.07) is 0. The number of nitrogens with zero attached hydrogens (tertiary/aromatic N) is 2. The molecule has 0 bridgehead atoms. The first-order chi connectivity index (χ1) is 7.80. The quantitative estimate of drug-likeness (QED) is 0.767. The zero-order valence-corrected chi connectivity index (χ0v) is 10.7. The molecule has 0 aliphatic heterocycles. The van der Waals surface area contributed by atoms with Gasteiger partial charge in [-0.2, -0.15) is 5.10 Å². The molecule has 16 heavy (non-hydrogen) atoms. The number of aromatic nitrogens is 2. The van der Waals surface area contributed by atoms with Crippen LogP contribution in [0.25, 0.3) is 6.08 Å². The largest absolute Gasteiger partial charge is 0.313 e. The maximum Gasteiger partial charge on any atom is 0.0562 e. The first-order valence-electron chi connectivity index (χ1n) is 6.22. The molecular formula is C13H23N3. The van der Waals surface area contributed by atoms with Crippen LogP contribution in [0.3, 0.4) is 0 Å². The molecule has 3 heteroatoms. The minimum Gasteiger partial charge on any atom is -0.313 e. The van der Waals surface area contributed by atoms with E-state index in [0.717, 1.165) is 32.5 Å².